The lowest BCUT2D eigenvalue weighted by Crippen LogP contribution is -2.13. The van der Waals surface area contributed by atoms with Gasteiger partial charge in [-0.2, -0.15) is 0 Å². The summed E-state index contributed by atoms with van der Waals surface area (Å²) in [6.07, 6.45) is 0. The third-order valence-corrected chi connectivity index (χ3v) is 0.894. The molecule has 0 fully saturated rings. The van der Waals surface area contributed by atoms with Crippen molar-refractivity contribution >= 4 is 23.7 Å². The Morgan fingerprint density at radius 2 is 1.71 bits per heavy atom. The topological polar surface area (TPSA) is 43.4 Å². The van der Waals surface area contributed by atoms with Crippen LogP contribution in [0.15, 0.2) is 0 Å². The minimum atomic E-state index is -2.03. The highest BCUT2D eigenvalue weighted by Gasteiger charge is 1.78. The van der Waals surface area contributed by atoms with Gasteiger partial charge in [-0.1, -0.05) is 0 Å². The van der Waals surface area contributed by atoms with E-state index in [2.05, 4.69) is 0 Å². The van der Waals surface area contributed by atoms with Gasteiger partial charge in [0.25, 0.3) is 0 Å². The van der Waals surface area contributed by atoms with E-state index in [-0.39, 0.29) is 12.4 Å². The molecule has 0 aromatic rings. The number of hydrogen-bond acceptors (Lipinski definition) is 2. The molecule has 1 unspecified atom stereocenters. The summed E-state index contributed by atoms with van der Waals surface area (Å²) in [5, 5.41) is 0. The highest BCUT2D eigenvalue weighted by molar-refractivity contribution is 7.76. The molecular weight excluding hydrogens is 138 g/mol. The van der Waals surface area contributed by atoms with Gasteiger partial charge in [-0.05, 0) is 14.1 Å². The smallest absolute Gasteiger partial charge is 0.0203 e. The second kappa shape index (κ2) is 4.52. The maximum atomic E-state index is 9.62. The van der Waals surface area contributed by atoms with E-state index in [1.807, 2.05) is 0 Å². The zero-order valence-corrected chi connectivity index (χ0v) is 5.71. The number of rotatable bonds is 1. The summed E-state index contributed by atoms with van der Waals surface area (Å²) in [7, 11) is 2.92. The fourth-order valence-corrected chi connectivity index (χ4v) is 0. The van der Waals surface area contributed by atoms with E-state index in [0.717, 1.165) is 4.31 Å². The number of hydrogen-bond donors (Lipinski definition) is 0. The van der Waals surface area contributed by atoms with Crippen LogP contribution in [-0.4, -0.2) is 27.2 Å². The summed E-state index contributed by atoms with van der Waals surface area (Å²) in [6.45, 7) is 0. The van der Waals surface area contributed by atoms with E-state index < -0.39 is 11.3 Å². The molecule has 0 heterocycles. The van der Waals surface area contributed by atoms with Crippen LogP contribution in [0.3, 0.4) is 0 Å². The molecule has 0 amide bonds. The fraction of sp³-hybridized carbons (Fsp3) is 1.00. The van der Waals surface area contributed by atoms with Crippen molar-refractivity contribution in [2.24, 2.45) is 0 Å². The summed E-state index contributed by atoms with van der Waals surface area (Å²) in [4.78, 5) is 0. The standard InChI is InChI=1S/C2H7NO2S.ClH/c1-3(2)6(4)5;/h1-2H3,(H,4,5);1H/p-1. The molecule has 0 aliphatic heterocycles. The fourth-order valence-electron chi connectivity index (χ4n) is 0. The Labute approximate surface area is 51.5 Å². The summed E-state index contributed by atoms with van der Waals surface area (Å²) in [5.41, 5.74) is 0. The molecule has 0 spiro atoms. The Bertz CT molecular complexity index is 66.7. The Kier molecular flexibility index (Phi) is 6.69. The third kappa shape index (κ3) is 6.36. The predicted molar refractivity (Wildman–Crippen MR) is 29.9 cm³/mol. The van der Waals surface area contributed by atoms with E-state index in [1.165, 1.54) is 14.1 Å². The molecule has 5 heteroatoms. The average Bonchev–Trinajstić information content (AvgIpc) is 1.36. The first kappa shape index (κ1) is 10.4. The van der Waals surface area contributed by atoms with Gasteiger partial charge in [0.2, 0.25) is 0 Å². The van der Waals surface area contributed by atoms with Crippen molar-refractivity contribution in [3.05, 3.63) is 0 Å². The lowest BCUT2D eigenvalue weighted by atomic mass is 11.3. The van der Waals surface area contributed by atoms with Gasteiger partial charge in [-0.25, -0.2) is 4.31 Å². The van der Waals surface area contributed by atoms with Gasteiger partial charge in [-0.3, -0.25) is 4.21 Å². The first-order valence-electron chi connectivity index (χ1n) is 1.41. The minimum Gasteiger partial charge on any atom is -0.760 e. The highest BCUT2D eigenvalue weighted by atomic mass is 35.5. The van der Waals surface area contributed by atoms with Crippen molar-refractivity contribution in [3.8, 4) is 0 Å². The van der Waals surface area contributed by atoms with Gasteiger partial charge in [0.1, 0.15) is 0 Å². The lowest BCUT2D eigenvalue weighted by molar-refractivity contribution is 0.470. The van der Waals surface area contributed by atoms with Gasteiger partial charge >= 0.3 is 0 Å². The zero-order chi connectivity index (χ0) is 5.15. The Morgan fingerprint density at radius 3 is 1.71 bits per heavy atom. The third-order valence-electron chi connectivity index (χ3n) is 0.298. The summed E-state index contributed by atoms with van der Waals surface area (Å²) >= 11 is -2.03. The van der Waals surface area contributed by atoms with E-state index in [4.69, 9.17) is 0 Å². The predicted octanol–water partition coefficient (Wildman–Crippen LogP) is -0.236. The molecule has 0 aromatic heterocycles. The molecule has 0 saturated carbocycles. The molecule has 1 atom stereocenters. The van der Waals surface area contributed by atoms with Gasteiger partial charge in [-0.15, -0.1) is 12.4 Å². The van der Waals surface area contributed by atoms with Crippen LogP contribution < -0.4 is 0 Å². The van der Waals surface area contributed by atoms with E-state index in [1.54, 1.807) is 0 Å². The molecular formula is C2H7ClNO2S-. The summed E-state index contributed by atoms with van der Waals surface area (Å²) in [6, 6.07) is 0. The van der Waals surface area contributed by atoms with Crippen molar-refractivity contribution in [1.29, 1.82) is 0 Å². The maximum Gasteiger partial charge on any atom is 0.0203 e. The maximum absolute atomic E-state index is 9.62. The van der Waals surface area contributed by atoms with Crippen LogP contribution in [0.25, 0.3) is 0 Å². The molecule has 0 bridgehead atoms. The quantitative estimate of drug-likeness (QED) is 0.477. The molecule has 7 heavy (non-hydrogen) atoms. The molecule has 0 aromatic carbocycles. The Morgan fingerprint density at radius 1 is 1.57 bits per heavy atom. The van der Waals surface area contributed by atoms with Gasteiger partial charge in [0.05, 0.1) is 0 Å². The molecule has 0 radical (unpaired) electrons. The molecule has 0 rings (SSSR count). The minimum absolute atomic E-state index is 0. The van der Waals surface area contributed by atoms with Crippen molar-refractivity contribution in [2.45, 2.75) is 0 Å². The van der Waals surface area contributed by atoms with E-state index >= 15 is 0 Å². The first-order chi connectivity index (χ1) is 2.64. The molecule has 0 aliphatic carbocycles. The number of nitrogens with zero attached hydrogens (tertiary/aromatic N) is 1. The van der Waals surface area contributed by atoms with E-state index in [9.17, 15) is 8.76 Å². The molecule has 46 valence electrons. The average molecular weight is 145 g/mol. The van der Waals surface area contributed by atoms with Gasteiger partial charge < -0.3 is 4.55 Å². The lowest BCUT2D eigenvalue weighted by Gasteiger charge is -2.10. The molecule has 0 aliphatic rings. The first-order valence-corrected chi connectivity index (χ1v) is 2.44. The summed E-state index contributed by atoms with van der Waals surface area (Å²) in [5.74, 6) is 0. The van der Waals surface area contributed by atoms with Crippen molar-refractivity contribution < 1.29 is 8.76 Å². The molecule has 0 saturated heterocycles. The van der Waals surface area contributed by atoms with Crippen LogP contribution in [0.4, 0.5) is 0 Å². The normalized spacial score (nSPS) is 13.1. The van der Waals surface area contributed by atoms with Crippen LogP contribution in [0.1, 0.15) is 0 Å². The largest absolute Gasteiger partial charge is 0.760 e. The second-order valence-corrected chi connectivity index (χ2v) is 2.19. The van der Waals surface area contributed by atoms with E-state index in [0.29, 0.717) is 0 Å². The van der Waals surface area contributed by atoms with Crippen molar-refractivity contribution in [3.63, 3.8) is 0 Å². The summed E-state index contributed by atoms with van der Waals surface area (Å²) < 4.78 is 20.3. The second-order valence-electron chi connectivity index (χ2n) is 1.03. The zero-order valence-electron chi connectivity index (χ0n) is 4.08. The SMILES string of the molecule is CN(C)S(=O)[O-].Cl. The highest BCUT2D eigenvalue weighted by Crippen LogP contribution is 1.73. The Hall–Kier alpha value is 0.360. The monoisotopic (exact) mass is 144 g/mol. The van der Waals surface area contributed by atoms with Crippen LogP contribution in [-0.2, 0) is 11.3 Å². The number of halogens is 1. The van der Waals surface area contributed by atoms with Crippen LogP contribution >= 0.6 is 12.4 Å². The van der Waals surface area contributed by atoms with Crippen molar-refractivity contribution in [2.75, 3.05) is 14.1 Å². The van der Waals surface area contributed by atoms with Crippen LogP contribution in [0, 0.1) is 0 Å². The van der Waals surface area contributed by atoms with Crippen molar-refractivity contribution in [1.82, 2.24) is 4.31 Å². The van der Waals surface area contributed by atoms with Gasteiger partial charge in [0, 0.05) is 11.3 Å². The Balaban J connectivity index is 0. The van der Waals surface area contributed by atoms with Gasteiger partial charge in [0.15, 0.2) is 0 Å². The van der Waals surface area contributed by atoms with Crippen LogP contribution in [0.5, 0.6) is 0 Å². The van der Waals surface area contributed by atoms with Crippen LogP contribution in [0.2, 0.25) is 0 Å². The molecule has 3 nitrogen and oxygen atoms in total. The molecule has 0 N–H and O–H groups in total.